The molecular weight excluding hydrogens is 401 g/mol. The molecule has 0 fully saturated rings. The fraction of sp³-hybridized carbons (Fsp3) is 0.158. The van der Waals surface area contributed by atoms with Gasteiger partial charge in [0.2, 0.25) is 0 Å². The van der Waals surface area contributed by atoms with Crippen molar-refractivity contribution in [2.45, 2.75) is 6.04 Å². The Morgan fingerprint density at radius 2 is 2.12 bits per heavy atom. The molecule has 3 aromatic rings. The topological polar surface area (TPSA) is 56.2 Å². The first-order valence-corrected chi connectivity index (χ1v) is 8.72. The second-order valence-corrected chi connectivity index (χ2v) is 6.61. The van der Waals surface area contributed by atoms with Crippen LogP contribution in [0.2, 0.25) is 0 Å². The van der Waals surface area contributed by atoms with Crippen LogP contribution in [0.15, 0.2) is 65.4 Å². The van der Waals surface area contributed by atoms with Crippen molar-refractivity contribution in [1.82, 2.24) is 14.9 Å². The molecule has 1 aromatic heterocycles. The molecule has 0 saturated carbocycles. The van der Waals surface area contributed by atoms with Crippen molar-refractivity contribution in [1.29, 1.82) is 0 Å². The molecule has 26 heavy (non-hydrogen) atoms. The van der Waals surface area contributed by atoms with Crippen molar-refractivity contribution < 1.29 is 13.9 Å². The monoisotopic (exact) mass is 417 g/mol. The average molecular weight is 418 g/mol. The summed E-state index contributed by atoms with van der Waals surface area (Å²) in [4.78, 5) is 16.7. The minimum Gasteiger partial charge on any atom is -0.484 e. The van der Waals surface area contributed by atoms with Crippen LogP contribution in [0.1, 0.15) is 17.4 Å². The maximum absolute atomic E-state index is 13.6. The number of halogens is 2. The molecule has 1 unspecified atom stereocenters. The number of imidazole rings is 1. The van der Waals surface area contributed by atoms with Crippen molar-refractivity contribution in [3.05, 3.63) is 82.6 Å². The van der Waals surface area contributed by atoms with Gasteiger partial charge in [-0.25, -0.2) is 9.37 Å². The number of nitrogens with one attached hydrogen (secondary N) is 1. The fourth-order valence-corrected chi connectivity index (χ4v) is 2.92. The van der Waals surface area contributed by atoms with Crippen molar-refractivity contribution >= 4 is 21.8 Å². The van der Waals surface area contributed by atoms with Crippen LogP contribution in [0.4, 0.5) is 4.39 Å². The third-order valence-electron chi connectivity index (χ3n) is 3.77. The van der Waals surface area contributed by atoms with Crippen LogP contribution in [-0.2, 0) is 11.8 Å². The van der Waals surface area contributed by atoms with Gasteiger partial charge in [-0.3, -0.25) is 4.79 Å². The average Bonchev–Trinajstić information content (AvgIpc) is 3.04. The summed E-state index contributed by atoms with van der Waals surface area (Å²) in [5.74, 6) is 0.476. The minimum atomic E-state index is -0.579. The van der Waals surface area contributed by atoms with E-state index in [-0.39, 0.29) is 18.3 Å². The molecule has 0 aliphatic heterocycles. The van der Waals surface area contributed by atoms with Gasteiger partial charge >= 0.3 is 0 Å². The zero-order valence-corrected chi connectivity index (χ0v) is 15.6. The molecule has 1 N–H and O–H groups in total. The standard InChI is InChI=1S/C19H17BrFN3O2/c1-24-9-8-22-19(24)18(13-4-2-6-15(21)10-13)23-17(25)12-26-16-7-3-5-14(20)11-16/h2-11,18H,12H2,1H3,(H,23,25). The Morgan fingerprint density at radius 3 is 2.81 bits per heavy atom. The third-order valence-corrected chi connectivity index (χ3v) is 4.26. The molecule has 0 spiro atoms. The number of aryl methyl sites for hydroxylation is 1. The molecule has 3 rings (SSSR count). The van der Waals surface area contributed by atoms with Gasteiger partial charge in [-0.1, -0.05) is 34.1 Å². The van der Waals surface area contributed by atoms with Gasteiger partial charge in [0, 0.05) is 23.9 Å². The van der Waals surface area contributed by atoms with Gasteiger partial charge in [0.15, 0.2) is 6.61 Å². The van der Waals surface area contributed by atoms with Gasteiger partial charge in [-0.15, -0.1) is 0 Å². The third kappa shape index (κ3) is 4.49. The van der Waals surface area contributed by atoms with Crippen molar-refractivity contribution in [3.8, 4) is 5.75 Å². The highest BCUT2D eigenvalue weighted by Gasteiger charge is 2.21. The molecule has 0 saturated heterocycles. The highest BCUT2D eigenvalue weighted by molar-refractivity contribution is 9.10. The predicted molar refractivity (Wildman–Crippen MR) is 99.2 cm³/mol. The Hall–Kier alpha value is -2.67. The lowest BCUT2D eigenvalue weighted by molar-refractivity contribution is -0.123. The summed E-state index contributed by atoms with van der Waals surface area (Å²) in [6.07, 6.45) is 3.40. The Labute approximate surface area is 159 Å². The number of hydrogen-bond donors (Lipinski definition) is 1. The summed E-state index contributed by atoms with van der Waals surface area (Å²) < 4.78 is 21.8. The zero-order chi connectivity index (χ0) is 18.5. The first-order chi connectivity index (χ1) is 12.5. The quantitative estimate of drug-likeness (QED) is 0.666. The highest BCUT2D eigenvalue weighted by atomic mass is 79.9. The van der Waals surface area contributed by atoms with Gasteiger partial charge in [-0.05, 0) is 35.9 Å². The zero-order valence-electron chi connectivity index (χ0n) is 14.0. The number of nitrogens with zero attached hydrogens (tertiary/aromatic N) is 2. The number of rotatable bonds is 6. The first kappa shape index (κ1) is 18.1. The molecule has 1 amide bonds. The normalized spacial score (nSPS) is 11.8. The van der Waals surface area contributed by atoms with E-state index in [0.29, 0.717) is 17.1 Å². The lowest BCUT2D eigenvalue weighted by atomic mass is 10.1. The summed E-state index contributed by atoms with van der Waals surface area (Å²) in [6.45, 7) is -0.160. The van der Waals surface area contributed by atoms with Gasteiger partial charge < -0.3 is 14.6 Å². The van der Waals surface area contributed by atoms with E-state index < -0.39 is 6.04 Å². The molecule has 1 atom stereocenters. The van der Waals surface area contributed by atoms with Crippen LogP contribution in [0.25, 0.3) is 0 Å². The molecular formula is C19H17BrFN3O2. The summed E-state index contributed by atoms with van der Waals surface area (Å²) in [7, 11) is 1.82. The van der Waals surface area contributed by atoms with Gasteiger partial charge in [-0.2, -0.15) is 0 Å². The lowest BCUT2D eigenvalue weighted by Gasteiger charge is -2.19. The molecule has 0 aliphatic rings. The van der Waals surface area contributed by atoms with Crippen LogP contribution in [0.3, 0.4) is 0 Å². The maximum Gasteiger partial charge on any atom is 0.258 e. The SMILES string of the molecule is Cn1ccnc1C(NC(=O)COc1cccc(Br)c1)c1cccc(F)c1. The van der Waals surface area contributed by atoms with Crippen LogP contribution >= 0.6 is 15.9 Å². The maximum atomic E-state index is 13.6. The highest BCUT2D eigenvalue weighted by Crippen LogP contribution is 2.21. The number of aromatic nitrogens is 2. The number of carbonyl (C=O) groups is 1. The van der Waals surface area contributed by atoms with E-state index in [9.17, 15) is 9.18 Å². The fourth-order valence-electron chi connectivity index (χ4n) is 2.55. The second-order valence-electron chi connectivity index (χ2n) is 5.70. The second kappa shape index (κ2) is 8.14. The number of carbonyl (C=O) groups excluding carboxylic acids is 1. The molecule has 7 heteroatoms. The number of ether oxygens (including phenoxy) is 1. The summed E-state index contributed by atoms with van der Waals surface area (Å²) in [6, 6.07) is 12.7. The molecule has 134 valence electrons. The van der Waals surface area contributed by atoms with E-state index in [2.05, 4.69) is 26.2 Å². The summed E-state index contributed by atoms with van der Waals surface area (Å²) in [5, 5.41) is 2.86. The van der Waals surface area contributed by atoms with Gasteiger partial charge in [0.25, 0.3) is 5.91 Å². The van der Waals surface area contributed by atoms with E-state index in [1.165, 1.54) is 12.1 Å². The van der Waals surface area contributed by atoms with Crippen molar-refractivity contribution in [2.75, 3.05) is 6.61 Å². The smallest absolute Gasteiger partial charge is 0.258 e. The Kier molecular flexibility index (Phi) is 5.68. The summed E-state index contributed by atoms with van der Waals surface area (Å²) in [5.41, 5.74) is 0.607. The molecule has 5 nitrogen and oxygen atoms in total. The van der Waals surface area contributed by atoms with Crippen LogP contribution in [-0.4, -0.2) is 22.1 Å². The predicted octanol–water partition coefficient (Wildman–Crippen LogP) is 3.61. The van der Waals surface area contributed by atoms with E-state index in [0.717, 1.165) is 4.47 Å². The van der Waals surface area contributed by atoms with Crippen LogP contribution in [0.5, 0.6) is 5.75 Å². The number of amides is 1. The van der Waals surface area contributed by atoms with Crippen LogP contribution < -0.4 is 10.1 Å². The molecule has 0 bridgehead atoms. The molecule has 1 heterocycles. The first-order valence-electron chi connectivity index (χ1n) is 7.93. The summed E-state index contributed by atoms with van der Waals surface area (Å²) >= 11 is 3.35. The number of benzene rings is 2. The lowest BCUT2D eigenvalue weighted by Crippen LogP contribution is -2.34. The Bertz CT molecular complexity index is 913. The van der Waals surface area contributed by atoms with Crippen LogP contribution in [0, 0.1) is 5.82 Å². The number of hydrogen-bond acceptors (Lipinski definition) is 3. The van der Waals surface area contributed by atoms with E-state index in [1.807, 2.05) is 19.2 Å². The minimum absolute atomic E-state index is 0.160. The van der Waals surface area contributed by atoms with Crippen molar-refractivity contribution in [3.63, 3.8) is 0 Å². The van der Waals surface area contributed by atoms with E-state index >= 15 is 0 Å². The Morgan fingerprint density at radius 1 is 1.31 bits per heavy atom. The van der Waals surface area contributed by atoms with E-state index in [1.54, 1.807) is 41.2 Å². The van der Waals surface area contributed by atoms with Gasteiger partial charge in [0.1, 0.15) is 23.4 Å². The largest absolute Gasteiger partial charge is 0.484 e. The van der Waals surface area contributed by atoms with E-state index in [4.69, 9.17) is 4.74 Å². The molecule has 2 aromatic carbocycles. The van der Waals surface area contributed by atoms with Crippen molar-refractivity contribution in [2.24, 2.45) is 7.05 Å². The Balaban J connectivity index is 1.75. The molecule has 0 aliphatic carbocycles. The van der Waals surface area contributed by atoms with Gasteiger partial charge in [0.05, 0.1) is 0 Å². The molecule has 0 radical (unpaired) electrons.